The SMILES string of the molecule is CCOCC1CC(F)CN1CC. The third-order valence-electron chi connectivity index (χ3n) is 2.40. The van der Waals surface area contributed by atoms with Gasteiger partial charge >= 0.3 is 0 Å². The highest BCUT2D eigenvalue weighted by Gasteiger charge is 2.30. The van der Waals surface area contributed by atoms with Crippen molar-refractivity contribution in [3.05, 3.63) is 0 Å². The lowest BCUT2D eigenvalue weighted by atomic mass is 10.2. The average molecular weight is 175 g/mol. The summed E-state index contributed by atoms with van der Waals surface area (Å²) in [5, 5.41) is 0. The second-order valence-corrected chi connectivity index (χ2v) is 3.23. The fourth-order valence-electron chi connectivity index (χ4n) is 1.74. The minimum Gasteiger partial charge on any atom is -0.380 e. The van der Waals surface area contributed by atoms with Crippen LogP contribution in [0.1, 0.15) is 20.3 Å². The first-order chi connectivity index (χ1) is 5.77. The number of ether oxygens (including phenoxy) is 1. The quantitative estimate of drug-likeness (QED) is 0.641. The van der Waals surface area contributed by atoms with E-state index in [-0.39, 0.29) is 0 Å². The average Bonchev–Trinajstić information content (AvgIpc) is 2.42. The van der Waals surface area contributed by atoms with Gasteiger partial charge in [0.1, 0.15) is 6.17 Å². The lowest BCUT2D eigenvalue weighted by Gasteiger charge is -2.21. The van der Waals surface area contributed by atoms with Gasteiger partial charge in [0.05, 0.1) is 6.61 Å². The fourth-order valence-corrected chi connectivity index (χ4v) is 1.74. The van der Waals surface area contributed by atoms with Crippen LogP contribution in [0, 0.1) is 0 Å². The van der Waals surface area contributed by atoms with Gasteiger partial charge in [-0.2, -0.15) is 0 Å². The number of rotatable bonds is 4. The molecule has 0 aromatic rings. The van der Waals surface area contributed by atoms with Gasteiger partial charge in [-0.05, 0) is 19.9 Å². The van der Waals surface area contributed by atoms with Gasteiger partial charge in [0, 0.05) is 19.2 Å². The number of halogens is 1. The van der Waals surface area contributed by atoms with Crippen LogP contribution in [0.15, 0.2) is 0 Å². The number of alkyl halides is 1. The normalized spacial score (nSPS) is 31.2. The zero-order valence-corrected chi connectivity index (χ0v) is 7.92. The second-order valence-electron chi connectivity index (χ2n) is 3.23. The topological polar surface area (TPSA) is 12.5 Å². The van der Waals surface area contributed by atoms with Crippen LogP contribution in [0.5, 0.6) is 0 Å². The standard InChI is InChI=1S/C9H18FNO/c1-3-11-6-8(10)5-9(11)7-12-4-2/h8-9H,3-7H2,1-2H3. The predicted molar refractivity (Wildman–Crippen MR) is 47.0 cm³/mol. The Bertz CT molecular complexity index is 132. The number of likely N-dealkylation sites (N-methyl/N-ethyl adjacent to an activating group) is 1. The number of likely N-dealkylation sites (tertiary alicyclic amines) is 1. The molecule has 1 heterocycles. The number of nitrogens with zero attached hydrogens (tertiary/aromatic N) is 1. The molecule has 3 heteroatoms. The molecule has 2 atom stereocenters. The molecule has 0 aliphatic carbocycles. The van der Waals surface area contributed by atoms with Crippen molar-refractivity contribution in [2.45, 2.75) is 32.5 Å². The third-order valence-corrected chi connectivity index (χ3v) is 2.40. The van der Waals surface area contributed by atoms with Crippen LogP contribution in [0.3, 0.4) is 0 Å². The highest BCUT2D eigenvalue weighted by atomic mass is 19.1. The summed E-state index contributed by atoms with van der Waals surface area (Å²) in [6.45, 7) is 6.97. The maximum atomic E-state index is 12.9. The molecule has 12 heavy (non-hydrogen) atoms. The molecule has 1 rings (SSSR count). The highest BCUT2D eigenvalue weighted by Crippen LogP contribution is 2.19. The van der Waals surface area contributed by atoms with E-state index in [9.17, 15) is 4.39 Å². The lowest BCUT2D eigenvalue weighted by molar-refractivity contribution is 0.0874. The molecule has 1 aliphatic heterocycles. The number of hydrogen-bond acceptors (Lipinski definition) is 2. The van der Waals surface area contributed by atoms with Crippen LogP contribution in [-0.4, -0.2) is 43.4 Å². The smallest absolute Gasteiger partial charge is 0.114 e. The first kappa shape index (κ1) is 9.93. The molecular formula is C9H18FNO. The Hall–Kier alpha value is -0.150. The minimum absolute atomic E-state index is 0.310. The van der Waals surface area contributed by atoms with Crippen LogP contribution in [-0.2, 0) is 4.74 Å². The summed E-state index contributed by atoms with van der Waals surface area (Å²) in [6.07, 6.45) is 0.00352. The molecular weight excluding hydrogens is 157 g/mol. The van der Waals surface area contributed by atoms with Gasteiger partial charge in [-0.3, -0.25) is 4.90 Å². The molecule has 0 radical (unpaired) electrons. The highest BCUT2D eigenvalue weighted by molar-refractivity contribution is 4.84. The maximum Gasteiger partial charge on any atom is 0.114 e. The summed E-state index contributed by atoms with van der Waals surface area (Å²) < 4.78 is 18.2. The van der Waals surface area contributed by atoms with Crippen molar-refractivity contribution in [2.24, 2.45) is 0 Å². The van der Waals surface area contributed by atoms with E-state index >= 15 is 0 Å². The summed E-state index contributed by atoms with van der Waals surface area (Å²) in [7, 11) is 0. The molecule has 0 aromatic carbocycles. The van der Waals surface area contributed by atoms with Crippen LogP contribution in [0.2, 0.25) is 0 Å². The molecule has 0 spiro atoms. The van der Waals surface area contributed by atoms with E-state index in [2.05, 4.69) is 11.8 Å². The molecule has 2 unspecified atom stereocenters. The van der Waals surface area contributed by atoms with Crippen molar-refractivity contribution < 1.29 is 9.13 Å². The van der Waals surface area contributed by atoms with Crippen molar-refractivity contribution in [1.29, 1.82) is 0 Å². The van der Waals surface area contributed by atoms with Gasteiger partial charge in [0.2, 0.25) is 0 Å². The van der Waals surface area contributed by atoms with Gasteiger partial charge in [-0.1, -0.05) is 6.92 Å². The van der Waals surface area contributed by atoms with Crippen LogP contribution in [0.4, 0.5) is 4.39 Å². The van der Waals surface area contributed by atoms with E-state index in [0.29, 0.717) is 25.6 Å². The molecule has 0 amide bonds. The Morgan fingerprint density at radius 2 is 2.25 bits per heavy atom. The molecule has 72 valence electrons. The first-order valence-electron chi connectivity index (χ1n) is 4.73. The fraction of sp³-hybridized carbons (Fsp3) is 1.00. The van der Waals surface area contributed by atoms with Gasteiger partial charge in [-0.15, -0.1) is 0 Å². The zero-order chi connectivity index (χ0) is 8.97. The molecule has 0 saturated carbocycles. The van der Waals surface area contributed by atoms with E-state index in [0.717, 1.165) is 13.2 Å². The van der Waals surface area contributed by atoms with Crippen molar-refractivity contribution in [2.75, 3.05) is 26.3 Å². The van der Waals surface area contributed by atoms with Gasteiger partial charge < -0.3 is 4.74 Å². The Kier molecular flexibility index (Phi) is 3.95. The molecule has 1 aliphatic rings. The molecule has 1 saturated heterocycles. The molecule has 2 nitrogen and oxygen atoms in total. The molecule has 0 N–H and O–H groups in total. The largest absolute Gasteiger partial charge is 0.380 e. The second kappa shape index (κ2) is 4.77. The predicted octanol–water partition coefficient (Wildman–Crippen LogP) is 1.46. The lowest BCUT2D eigenvalue weighted by Crippen LogP contribution is -2.32. The Morgan fingerprint density at radius 3 is 2.83 bits per heavy atom. The zero-order valence-electron chi connectivity index (χ0n) is 7.92. The maximum absolute atomic E-state index is 12.9. The van der Waals surface area contributed by atoms with E-state index in [1.807, 2.05) is 6.92 Å². The van der Waals surface area contributed by atoms with Crippen molar-refractivity contribution >= 4 is 0 Å². The Balaban J connectivity index is 2.30. The molecule has 1 fully saturated rings. The monoisotopic (exact) mass is 175 g/mol. The number of hydrogen-bond donors (Lipinski definition) is 0. The van der Waals surface area contributed by atoms with E-state index in [1.54, 1.807) is 0 Å². The summed E-state index contributed by atoms with van der Waals surface area (Å²) in [5.41, 5.74) is 0. The first-order valence-corrected chi connectivity index (χ1v) is 4.73. The molecule has 0 aromatic heterocycles. The van der Waals surface area contributed by atoms with Crippen molar-refractivity contribution in [3.63, 3.8) is 0 Å². The van der Waals surface area contributed by atoms with E-state index < -0.39 is 6.17 Å². The minimum atomic E-state index is -0.643. The summed E-state index contributed by atoms with van der Waals surface area (Å²) in [6, 6.07) is 0.310. The molecule has 0 bridgehead atoms. The van der Waals surface area contributed by atoms with E-state index in [4.69, 9.17) is 4.74 Å². The van der Waals surface area contributed by atoms with Crippen molar-refractivity contribution in [1.82, 2.24) is 4.90 Å². The summed E-state index contributed by atoms with van der Waals surface area (Å²) in [5.74, 6) is 0. The van der Waals surface area contributed by atoms with Crippen LogP contribution in [0.25, 0.3) is 0 Å². The Labute approximate surface area is 73.7 Å². The van der Waals surface area contributed by atoms with Gasteiger partial charge in [0.25, 0.3) is 0 Å². The van der Waals surface area contributed by atoms with Crippen LogP contribution >= 0.6 is 0 Å². The van der Waals surface area contributed by atoms with Gasteiger partial charge in [0.15, 0.2) is 0 Å². The van der Waals surface area contributed by atoms with Gasteiger partial charge in [-0.25, -0.2) is 4.39 Å². The summed E-state index contributed by atoms with van der Waals surface area (Å²) >= 11 is 0. The summed E-state index contributed by atoms with van der Waals surface area (Å²) in [4.78, 5) is 2.15. The van der Waals surface area contributed by atoms with Crippen molar-refractivity contribution in [3.8, 4) is 0 Å². The Morgan fingerprint density at radius 1 is 1.50 bits per heavy atom. The van der Waals surface area contributed by atoms with E-state index in [1.165, 1.54) is 0 Å². The third kappa shape index (κ3) is 2.42. The van der Waals surface area contributed by atoms with Crippen LogP contribution < -0.4 is 0 Å².